The summed E-state index contributed by atoms with van der Waals surface area (Å²) in [7, 11) is 0. The first-order valence-corrected chi connectivity index (χ1v) is 7.45. The molecular formula is C18H19F2NO2. The molecule has 0 saturated heterocycles. The van der Waals surface area contributed by atoms with Crippen molar-refractivity contribution < 1.29 is 18.3 Å². The van der Waals surface area contributed by atoms with Crippen molar-refractivity contribution in [3.8, 4) is 17.6 Å². The molecule has 3 nitrogen and oxygen atoms in total. The largest absolute Gasteiger partial charge is 0.481 e. The van der Waals surface area contributed by atoms with Gasteiger partial charge in [-0.05, 0) is 43.2 Å². The molecule has 0 N–H and O–H groups in total. The van der Waals surface area contributed by atoms with Gasteiger partial charge in [0.25, 0.3) is 6.43 Å². The highest BCUT2D eigenvalue weighted by Crippen LogP contribution is 2.30. The summed E-state index contributed by atoms with van der Waals surface area (Å²) in [6.07, 6.45) is -0.173. The van der Waals surface area contributed by atoms with E-state index in [-0.39, 0.29) is 11.8 Å². The highest BCUT2D eigenvalue weighted by molar-refractivity contribution is 5.90. The lowest BCUT2D eigenvalue weighted by molar-refractivity contribution is -0.133. The Morgan fingerprint density at radius 3 is 2.65 bits per heavy atom. The number of halogens is 2. The quantitative estimate of drug-likeness (QED) is 0.777. The smallest absolute Gasteiger partial charge is 0.256 e. The van der Waals surface area contributed by atoms with Crippen LogP contribution < -0.4 is 4.74 Å². The first-order valence-electron chi connectivity index (χ1n) is 7.45. The summed E-state index contributed by atoms with van der Waals surface area (Å²) in [4.78, 5) is 13.4. The number of amides is 1. The number of alkyl halides is 2. The fraction of sp³-hybridized carbons (Fsp3) is 0.389. The number of nitrogens with zero attached hydrogens (tertiary/aromatic N) is 1. The second kappa shape index (κ2) is 7.77. The van der Waals surface area contributed by atoms with Gasteiger partial charge in [-0.15, -0.1) is 5.92 Å². The molecule has 0 bridgehead atoms. The molecule has 1 atom stereocenters. The molecule has 0 fully saturated rings. The normalized spacial score (nSPS) is 17.6. The molecule has 2 rings (SSSR count). The third-order valence-electron chi connectivity index (χ3n) is 3.60. The maximum atomic E-state index is 12.8. The molecular weight excluding hydrogens is 300 g/mol. The molecule has 1 aliphatic heterocycles. The van der Waals surface area contributed by atoms with E-state index < -0.39 is 13.0 Å². The lowest BCUT2D eigenvalue weighted by Crippen LogP contribution is -2.39. The van der Waals surface area contributed by atoms with E-state index in [4.69, 9.17) is 4.74 Å². The van der Waals surface area contributed by atoms with E-state index in [0.29, 0.717) is 24.5 Å². The molecule has 1 aliphatic rings. The molecule has 1 amide bonds. The third kappa shape index (κ3) is 4.32. The predicted molar refractivity (Wildman–Crippen MR) is 84.9 cm³/mol. The number of carbonyl (C=O) groups is 1. The lowest BCUT2D eigenvalue weighted by Gasteiger charge is -2.31. The van der Waals surface area contributed by atoms with Crippen molar-refractivity contribution in [3.05, 3.63) is 35.9 Å². The van der Waals surface area contributed by atoms with Gasteiger partial charge in [0.2, 0.25) is 5.91 Å². The minimum atomic E-state index is -2.57. The van der Waals surface area contributed by atoms with Gasteiger partial charge in [0, 0.05) is 11.6 Å². The molecule has 1 heterocycles. The molecule has 0 aromatic heterocycles. The molecule has 1 unspecified atom stereocenters. The summed E-state index contributed by atoms with van der Waals surface area (Å²) in [5.41, 5.74) is 1.26. The zero-order chi connectivity index (χ0) is 16.8. The van der Waals surface area contributed by atoms with Crippen LogP contribution in [-0.4, -0.2) is 30.4 Å². The summed E-state index contributed by atoms with van der Waals surface area (Å²) >= 11 is 0. The Morgan fingerprint density at radius 2 is 2.04 bits per heavy atom. The number of hydrogen-bond donors (Lipinski definition) is 0. The average Bonchev–Trinajstić information content (AvgIpc) is 2.53. The van der Waals surface area contributed by atoms with Crippen LogP contribution in [0.4, 0.5) is 8.78 Å². The van der Waals surface area contributed by atoms with Crippen LogP contribution in [0.15, 0.2) is 30.3 Å². The zero-order valence-corrected chi connectivity index (χ0v) is 13.2. The standard InChI is InChI=1S/C18H19F2NO2/c1-3-4-11-23-15-8-6-14(7-9-15)16-10-5-13(2)18(22)21(16)12-17(19)20/h6-10,13,17H,5,11-12H2,1-2H3. The van der Waals surface area contributed by atoms with E-state index in [2.05, 4.69) is 11.8 Å². The molecule has 0 aliphatic carbocycles. The maximum Gasteiger partial charge on any atom is 0.256 e. The molecule has 0 saturated carbocycles. The Balaban J connectivity index is 2.20. The Labute approximate surface area is 134 Å². The second-order valence-corrected chi connectivity index (χ2v) is 5.31. The van der Waals surface area contributed by atoms with Gasteiger partial charge < -0.3 is 9.64 Å². The molecule has 0 radical (unpaired) electrons. The molecule has 1 aromatic rings. The predicted octanol–water partition coefficient (Wildman–Crippen LogP) is 3.56. The van der Waals surface area contributed by atoms with E-state index in [0.717, 1.165) is 5.56 Å². The Hall–Kier alpha value is -2.35. The fourth-order valence-electron chi connectivity index (χ4n) is 2.40. The number of hydrogen-bond acceptors (Lipinski definition) is 2. The Morgan fingerprint density at radius 1 is 1.35 bits per heavy atom. The van der Waals surface area contributed by atoms with Gasteiger partial charge in [-0.1, -0.05) is 18.9 Å². The van der Waals surface area contributed by atoms with Crippen LogP contribution in [0, 0.1) is 17.8 Å². The van der Waals surface area contributed by atoms with Crippen LogP contribution in [0.5, 0.6) is 5.75 Å². The van der Waals surface area contributed by atoms with Crippen molar-refractivity contribution in [1.82, 2.24) is 4.90 Å². The van der Waals surface area contributed by atoms with E-state index in [1.165, 1.54) is 4.90 Å². The third-order valence-corrected chi connectivity index (χ3v) is 3.60. The number of allylic oxidation sites excluding steroid dienone is 1. The fourth-order valence-corrected chi connectivity index (χ4v) is 2.40. The van der Waals surface area contributed by atoms with Crippen molar-refractivity contribution in [2.24, 2.45) is 5.92 Å². The molecule has 122 valence electrons. The van der Waals surface area contributed by atoms with E-state index in [9.17, 15) is 13.6 Å². The number of benzene rings is 1. The van der Waals surface area contributed by atoms with Gasteiger partial charge in [-0.3, -0.25) is 4.79 Å². The van der Waals surface area contributed by atoms with Gasteiger partial charge in [-0.25, -0.2) is 8.78 Å². The first kappa shape index (κ1) is 17.0. The average molecular weight is 319 g/mol. The van der Waals surface area contributed by atoms with Gasteiger partial charge in [0.1, 0.15) is 12.4 Å². The van der Waals surface area contributed by atoms with Crippen molar-refractivity contribution in [3.63, 3.8) is 0 Å². The van der Waals surface area contributed by atoms with Crippen molar-refractivity contribution in [2.45, 2.75) is 26.7 Å². The van der Waals surface area contributed by atoms with Crippen LogP contribution >= 0.6 is 0 Å². The molecule has 5 heteroatoms. The van der Waals surface area contributed by atoms with Crippen LogP contribution in [0.3, 0.4) is 0 Å². The monoisotopic (exact) mass is 319 g/mol. The number of ether oxygens (including phenoxy) is 1. The summed E-state index contributed by atoms with van der Waals surface area (Å²) in [6, 6.07) is 7.03. The van der Waals surface area contributed by atoms with Crippen molar-refractivity contribution in [2.75, 3.05) is 13.2 Å². The SMILES string of the molecule is CC#CCOc1ccc(C2=CCC(C)C(=O)N2CC(F)F)cc1. The Bertz CT molecular complexity index is 641. The minimum absolute atomic E-state index is 0.263. The number of carbonyl (C=O) groups excluding carboxylic acids is 1. The number of rotatable bonds is 5. The van der Waals surface area contributed by atoms with Gasteiger partial charge >= 0.3 is 0 Å². The highest BCUT2D eigenvalue weighted by Gasteiger charge is 2.30. The van der Waals surface area contributed by atoms with E-state index in [1.54, 1.807) is 38.1 Å². The van der Waals surface area contributed by atoms with Crippen LogP contribution in [0.2, 0.25) is 0 Å². The van der Waals surface area contributed by atoms with Gasteiger partial charge in [0.15, 0.2) is 0 Å². The van der Waals surface area contributed by atoms with Crippen molar-refractivity contribution in [1.29, 1.82) is 0 Å². The molecule has 0 spiro atoms. The first-order chi connectivity index (χ1) is 11.0. The zero-order valence-electron chi connectivity index (χ0n) is 13.2. The van der Waals surface area contributed by atoms with Gasteiger partial charge in [0.05, 0.1) is 6.54 Å². The Kier molecular flexibility index (Phi) is 5.75. The van der Waals surface area contributed by atoms with E-state index >= 15 is 0 Å². The summed E-state index contributed by atoms with van der Waals surface area (Å²) in [5, 5.41) is 0. The lowest BCUT2D eigenvalue weighted by atomic mass is 9.97. The minimum Gasteiger partial charge on any atom is -0.481 e. The second-order valence-electron chi connectivity index (χ2n) is 5.31. The summed E-state index contributed by atoms with van der Waals surface area (Å²) in [5.74, 6) is 5.64. The highest BCUT2D eigenvalue weighted by atomic mass is 19.3. The topological polar surface area (TPSA) is 29.5 Å². The van der Waals surface area contributed by atoms with E-state index in [1.807, 2.05) is 6.08 Å². The maximum absolute atomic E-state index is 12.8. The van der Waals surface area contributed by atoms with Crippen LogP contribution in [0.25, 0.3) is 5.70 Å². The van der Waals surface area contributed by atoms with Crippen molar-refractivity contribution >= 4 is 11.6 Å². The molecule has 1 aromatic carbocycles. The summed E-state index contributed by atoms with van der Waals surface area (Å²) in [6.45, 7) is 3.20. The van der Waals surface area contributed by atoms with Crippen LogP contribution in [-0.2, 0) is 4.79 Å². The molecule has 23 heavy (non-hydrogen) atoms. The van der Waals surface area contributed by atoms with Crippen LogP contribution in [0.1, 0.15) is 25.8 Å². The van der Waals surface area contributed by atoms with Gasteiger partial charge in [-0.2, -0.15) is 0 Å². The summed E-state index contributed by atoms with van der Waals surface area (Å²) < 4.78 is 31.0.